The number of halogens is 2. The molecule has 0 saturated heterocycles. The summed E-state index contributed by atoms with van der Waals surface area (Å²) in [5.74, 6) is -0.898. The maximum atomic E-state index is 14.6. The van der Waals surface area contributed by atoms with Gasteiger partial charge in [-0.3, -0.25) is 14.3 Å². The van der Waals surface area contributed by atoms with Crippen molar-refractivity contribution in [1.82, 2.24) is 33.7 Å². The zero-order valence-electron chi connectivity index (χ0n) is 28.7. The molecule has 2 aliphatic rings. The Labute approximate surface area is 297 Å². The first-order valence-electron chi connectivity index (χ1n) is 17.6. The van der Waals surface area contributed by atoms with Crippen LogP contribution < -0.4 is 16.6 Å². The number of phenols is 1. The second-order valence-corrected chi connectivity index (χ2v) is 14.3. The first-order chi connectivity index (χ1) is 25.0. The smallest absolute Gasteiger partial charge is 0.337 e. The van der Waals surface area contributed by atoms with Crippen molar-refractivity contribution >= 4 is 16.7 Å². The van der Waals surface area contributed by atoms with Gasteiger partial charge in [0.05, 0.1) is 28.6 Å². The van der Waals surface area contributed by atoms with Gasteiger partial charge in [-0.25, -0.2) is 28.1 Å². The third kappa shape index (κ3) is 6.74. The Balaban J connectivity index is 1.08. The van der Waals surface area contributed by atoms with E-state index in [1.54, 1.807) is 34.9 Å². The molecule has 3 N–H and O–H groups in total. The number of benzene rings is 2. The molecule has 2 aromatic carbocycles. The fraction of sp³-hybridized carbons (Fsp3) is 0.333. The number of likely N-dealkylation sites (N-methyl/N-ethyl adjacent to an activating group) is 1. The lowest BCUT2D eigenvalue weighted by atomic mass is 9.91. The van der Waals surface area contributed by atoms with Gasteiger partial charge in [0.25, 0.3) is 5.56 Å². The number of aliphatic hydroxyl groups is 1. The standard InChI is InChI=1S/C39H39F2N7O4/c1-45(23-39(52)13-14-39)20-25-16-32(49)10-11-33(25)24-3-2-4-31(15-24)47-36-34(17-27(41)18-43-36)37(50)48(38(47)51)30-8-6-28(7-9-30)42-19-29-22-46-21-26(40)5-12-35(46)44-29/h2-5,10-12,15-18,21-22,28,30,42,49,52H,6-9,13-14,19-20,23H2,1H3. The molecule has 0 amide bonds. The predicted octanol–water partition coefficient (Wildman–Crippen LogP) is 5.08. The minimum atomic E-state index is -0.675. The highest BCUT2D eigenvalue weighted by atomic mass is 19.1. The van der Waals surface area contributed by atoms with Gasteiger partial charge in [-0.15, -0.1) is 0 Å². The van der Waals surface area contributed by atoms with Crippen LogP contribution >= 0.6 is 0 Å². The molecular weight excluding hydrogens is 668 g/mol. The molecule has 4 heterocycles. The van der Waals surface area contributed by atoms with E-state index in [0.717, 1.165) is 47.5 Å². The number of hydrogen-bond acceptors (Lipinski definition) is 8. The Morgan fingerprint density at radius 3 is 2.58 bits per heavy atom. The molecule has 0 spiro atoms. The van der Waals surface area contributed by atoms with E-state index >= 15 is 0 Å². The molecule has 0 unspecified atom stereocenters. The van der Waals surface area contributed by atoms with Gasteiger partial charge >= 0.3 is 5.69 Å². The summed E-state index contributed by atoms with van der Waals surface area (Å²) >= 11 is 0. The molecule has 0 radical (unpaired) electrons. The van der Waals surface area contributed by atoms with E-state index < -0.39 is 28.7 Å². The molecule has 13 heteroatoms. The third-order valence-electron chi connectivity index (χ3n) is 10.3. The molecule has 0 bridgehead atoms. The van der Waals surface area contributed by atoms with Gasteiger partial charge in [0.2, 0.25) is 0 Å². The van der Waals surface area contributed by atoms with Crippen LogP contribution in [0.3, 0.4) is 0 Å². The van der Waals surface area contributed by atoms with Gasteiger partial charge in [0.15, 0.2) is 5.65 Å². The average molecular weight is 708 g/mol. The summed E-state index contributed by atoms with van der Waals surface area (Å²) in [6.07, 6.45) is 8.21. The van der Waals surface area contributed by atoms with Crippen LogP contribution in [0.15, 0.2) is 88.8 Å². The Kier molecular flexibility index (Phi) is 8.72. The Hall–Kier alpha value is -5.24. The van der Waals surface area contributed by atoms with Crippen molar-refractivity contribution < 1.29 is 19.0 Å². The molecule has 2 aliphatic carbocycles. The number of aromatic hydroxyl groups is 1. The van der Waals surface area contributed by atoms with Crippen LogP contribution in [0.2, 0.25) is 0 Å². The fourth-order valence-corrected chi connectivity index (χ4v) is 7.58. The highest BCUT2D eigenvalue weighted by Crippen LogP contribution is 2.36. The first kappa shape index (κ1) is 33.9. The molecule has 0 aliphatic heterocycles. The van der Waals surface area contributed by atoms with Crippen LogP contribution in [0.4, 0.5) is 8.78 Å². The van der Waals surface area contributed by atoms with Gasteiger partial charge in [0.1, 0.15) is 23.0 Å². The predicted molar refractivity (Wildman–Crippen MR) is 192 cm³/mol. The van der Waals surface area contributed by atoms with Gasteiger partial charge in [-0.2, -0.15) is 0 Å². The summed E-state index contributed by atoms with van der Waals surface area (Å²) in [5, 5.41) is 24.4. The topological polar surface area (TPSA) is 130 Å². The van der Waals surface area contributed by atoms with Crippen molar-refractivity contribution in [3.8, 4) is 22.6 Å². The number of phenolic OH excluding ortho intramolecular Hbond substituents is 1. The Morgan fingerprint density at radius 1 is 0.981 bits per heavy atom. The number of pyridine rings is 2. The normalized spacial score (nSPS) is 18.4. The fourth-order valence-electron chi connectivity index (χ4n) is 7.58. The quantitative estimate of drug-likeness (QED) is 0.180. The van der Waals surface area contributed by atoms with E-state index in [4.69, 9.17) is 0 Å². The molecule has 268 valence electrons. The summed E-state index contributed by atoms with van der Waals surface area (Å²) in [5.41, 5.74) is 2.61. The average Bonchev–Trinajstić information content (AvgIpc) is 3.70. The zero-order valence-corrected chi connectivity index (χ0v) is 28.7. The number of imidazole rings is 1. The number of rotatable bonds is 10. The van der Waals surface area contributed by atoms with Crippen molar-refractivity contribution in [3.63, 3.8) is 0 Å². The van der Waals surface area contributed by atoms with Gasteiger partial charge < -0.3 is 19.9 Å². The molecule has 0 atom stereocenters. The maximum Gasteiger partial charge on any atom is 0.337 e. The molecule has 2 fully saturated rings. The van der Waals surface area contributed by atoms with E-state index in [-0.39, 0.29) is 28.6 Å². The second-order valence-electron chi connectivity index (χ2n) is 14.3. The van der Waals surface area contributed by atoms with Gasteiger partial charge in [-0.05, 0) is 105 Å². The van der Waals surface area contributed by atoms with Crippen LogP contribution in [-0.2, 0) is 13.1 Å². The molecule has 11 nitrogen and oxygen atoms in total. The number of hydrogen-bond donors (Lipinski definition) is 3. The van der Waals surface area contributed by atoms with Gasteiger partial charge in [0, 0.05) is 44.1 Å². The summed E-state index contributed by atoms with van der Waals surface area (Å²) in [6, 6.07) is 16.3. The van der Waals surface area contributed by atoms with E-state index in [1.807, 2.05) is 36.2 Å². The zero-order chi connectivity index (χ0) is 36.1. The highest BCUT2D eigenvalue weighted by Gasteiger charge is 2.41. The van der Waals surface area contributed by atoms with Crippen molar-refractivity contribution in [3.05, 3.63) is 123 Å². The molecule has 2 saturated carbocycles. The van der Waals surface area contributed by atoms with E-state index in [1.165, 1.54) is 21.4 Å². The van der Waals surface area contributed by atoms with E-state index in [9.17, 15) is 28.6 Å². The van der Waals surface area contributed by atoms with Crippen LogP contribution in [0.25, 0.3) is 33.5 Å². The number of aromatic nitrogens is 5. The van der Waals surface area contributed by atoms with Gasteiger partial charge in [-0.1, -0.05) is 18.2 Å². The van der Waals surface area contributed by atoms with Crippen LogP contribution in [0, 0.1) is 11.6 Å². The largest absolute Gasteiger partial charge is 0.508 e. The lowest BCUT2D eigenvalue weighted by Gasteiger charge is -2.30. The Bertz CT molecular complexity index is 2430. The molecular formula is C39H39F2N7O4. The van der Waals surface area contributed by atoms with Crippen molar-refractivity contribution in [1.29, 1.82) is 0 Å². The lowest BCUT2D eigenvalue weighted by molar-refractivity contribution is 0.101. The maximum absolute atomic E-state index is 14.6. The minimum Gasteiger partial charge on any atom is -0.508 e. The summed E-state index contributed by atoms with van der Waals surface area (Å²) in [6.45, 7) is 1.47. The van der Waals surface area contributed by atoms with Crippen molar-refractivity contribution in [2.24, 2.45) is 0 Å². The molecule has 4 aromatic heterocycles. The lowest BCUT2D eigenvalue weighted by Crippen LogP contribution is -2.44. The van der Waals surface area contributed by atoms with E-state index in [2.05, 4.69) is 15.3 Å². The molecule has 6 aromatic rings. The summed E-state index contributed by atoms with van der Waals surface area (Å²) in [4.78, 5) is 39.1. The third-order valence-corrected chi connectivity index (χ3v) is 10.3. The SMILES string of the molecule is CN(Cc1cc(O)ccc1-c1cccc(-n2c(=O)n(C3CCC(NCc4cn5cc(F)ccc5n4)CC3)c(=O)c3cc(F)cnc32)c1)CC1(O)CC1. The summed E-state index contributed by atoms with van der Waals surface area (Å²) < 4.78 is 32.5. The minimum absolute atomic E-state index is 0.0125. The highest BCUT2D eigenvalue weighted by molar-refractivity contribution is 5.77. The van der Waals surface area contributed by atoms with Crippen LogP contribution in [0.1, 0.15) is 55.8 Å². The first-order valence-corrected chi connectivity index (χ1v) is 17.6. The number of nitrogens with zero attached hydrogens (tertiary/aromatic N) is 6. The number of nitrogens with one attached hydrogen (secondary N) is 1. The van der Waals surface area contributed by atoms with E-state index in [0.29, 0.717) is 56.7 Å². The second kappa shape index (κ2) is 13.4. The molecule has 52 heavy (non-hydrogen) atoms. The van der Waals surface area contributed by atoms with Crippen molar-refractivity contribution in [2.45, 2.75) is 69.3 Å². The Morgan fingerprint density at radius 2 is 1.79 bits per heavy atom. The van der Waals surface area contributed by atoms with Crippen molar-refractivity contribution in [2.75, 3.05) is 13.6 Å². The van der Waals surface area contributed by atoms with Crippen LogP contribution in [-0.4, -0.2) is 63.9 Å². The number of fused-ring (bicyclic) bond motifs is 2. The van der Waals surface area contributed by atoms with Crippen LogP contribution in [0.5, 0.6) is 5.75 Å². The monoisotopic (exact) mass is 707 g/mol. The molecule has 8 rings (SSSR count). The summed E-state index contributed by atoms with van der Waals surface area (Å²) in [7, 11) is 1.92.